The van der Waals surface area contributed by atoms with Crippen molar-refractivity contribution in [3.8, 4) is 11.1 Å². The molecule has 2 N–H and O–H groups in total. The summed E-state index contributed by atoms with van der Waals surface area (Å²) in [7, 11) is 1.60. The first-order valence-electron chi connectivity index (χ1n) is 14.7. The molecule has 0 atom stereocenters. The quantitative estimate of drug-likeness (QED) is 0.107. The largest absolute Gasteiger partial charge is 0.384 e. The first-order chi connectivity index (χ1) is 19.9. The summed E-state index contributed by atoms with van der Waals surface area (Å²) in [5, 5.41) is 6.13. The molecule has 4 rings (SSSR count). The Morgan fingerprint density at radius 1 is 0.976 bits per heavy atom. The van der Waals surface area contributed by atoms with Gasteiger partial charge in [-0.1, -0.05) is 57.5 Å². The van der Waals surface area contributed by atoms with E-state index in [2.05, 4.69) is 10.6 Å². The van der Waals surface area contributed by atoms with E-state index >= 15 is 0 Å². The predicted molar refractivity (Wildman–Crippen MR) is 166 cm³/mol. The summed E-state index contributed by atoms with van der Waals surface area (Å²) >= 11 is 0. The lowest BCUT2D eigenvalue weighted by atomic mass is 9.79. The van der Waals surface area contributed by atoms with Crippen LogP contribution in [0.3, 0.4) is 0 Å². The number of likely N-dealkylation sites (N-methyl/N-ethyl adjacent to an activating group) is 1. The maximum atomic E-state index is 13.7. The number of amides is 1. The number of rotatable bonds is 11. The van der Waals surface area contributed by atoms with E-state index in [1.807, 2.05) is 64.1 Å². The third-order valence-electron chi connectivity index (χ3n) is 7.50. The van der Waals surface area contributed by atoms with E-state index in [0.29, 0.717) is 30.5 Å². The summed E-state index contributed by atoms with van der Waals surface area (Å²) in [5.74, 6) is -0.328. The van der Waals surface area contributed by atoms with Crippen LogP contribution in [0.1, 0.15) is 79.9 Å². The smallest absolute Gasteiger partial charge is 0.251 e. The number of hydrogen-bond donors (Lipinski definition) is 2. The molecule has 41 heavy (non-hydrogen) atoms. The van der Waals surface area contributed by atoms with E-state index in [1.54, 1.807) is 19.2 Å². The maximum absolute atomic E-state index is 13.7. The van der Waals surface area contributed by atoms with Crippen molar-refractivity contribution in [2.45, 2.75) is 59.8 Å². The standard InChI is InChI=1S/C33H36F2N2O2.C2H6/c1-4-27(22-12-14-26(35)15-13-22)31(33(39)36-3)28-20-29(30(18-21(28)2)37-17-7-16-34)24-10-6-11-25(19-24)32(38)23-8-5-9-23;1-2/h6,10-15,18-20,23,37H,4-5,7-9,16-17H2,1-3H3,(H,36,39);1-2H3/b31-27-;. The highest BCUT2D eigenvalue weighted by molar-refractivity contribution is 6.27. The van der Waals surface area contributed by atoms with E-state index < -0.39 is 6.67 Å². The normalized spacial score (nSPS) is 13.3. The number of allylic oxidation sites excluding steroid dienone is 1. The molecular weight excluding hydrogens is 518 g/mol. The number of halogens is 2. The number of benzene rings is 3. The van der Waals surface area contributed by atoms with Crippen LogP contribution in [0.4, 0.5) is 14.5 Å². The van der Waals surface area contributed by atoms with Gasteiger partial charge in [0, 0.05) is 36.3 Å². The predicted octanol–water partition coefficient (Wildman–Crippen LogP) is 8.65. The van der Waals surface area contributed by atoms with Crippen LogP contribution in [-0.4, -0.2) is 32.0 Å². The van der Waals surface area contributed by atoms with E-state index in [-0.39, 0.29) is 23.4 Å². The van der Waals surface area contributed by atoms with Gasteiger partial charge in [0.25, 0.3) is 5.91 Å². The van der Waals surface area contributed by atoms with Crippen molar-refractivity contribution in [2.75, 3.05) is 25.6 Å². The van der Waals surface area contributed by atoms with Crippen LogP contribution in [-0.2, 0) is 4.79 Å². The van der Waals surface area contributed by atoms with Crippen molar-refractivity contribution in [1.82, 2.24) is 5.32 Å². The minimum atomic E-state index is -0.425. The highest BCUT2D eigenvalue weighted by Gasteiger charge is 2.27. The summed E-state index contributed by atoms with van der Waals surface area (Å²) in [5.41, 5.74) is 6.88. The average Bonchev–Trinajstić information content (AvgIpc) is 2.97. The van der Waals surface area contributed by atoms with Gasteiger partial charge in [-0.15, -0.1) is 0 Å². The first-order valence-corrected chi connectivity index (χ1v) is 14.7. The van der Waals surface area contributed by atoms with E-state index in [9.17, 15) is 18.4 Å². The summed E-state index contributed by atoms with van der Waals surface area (Å²) in [6.07, 6.45) is 3.87. The SMILES string of the molecule is CC.CC/C(=C(/C(=O)NC)c1cc(-c2cccc(C(=O)C3CCC3)c2)c(NCCCF)cc1C)c1ccc(F)cc1. The molecule has 1 fully saturated rings. The number of carbonyl (C=O) groups excluding carboxylic acids is 2. The molecule has 3 aromatic rings. The van der Waals surface area contributed by atoms with Crippen LogP contribution >= 0.6 is 0 Å². The molecule has 0 unspecified atom stereocenters. The van der Waals surface area contributed by atoms with Gasteiger partial charge in [0.05, 0.1) is 12.2 Å². The summed E-state index contributed by atoms with van der Waals surface area (Å²) < 4.78 is 26.6. The zero-order valence-electron chi connectivity index (χ0n) is 24.9. The van der Waals surface area contributed by atoms with Crippen molar-refractivity contribution >= 4 is 28.5 Å². The van der Waals surface area contributed by atoms with Gasteiger partial charge in [-0.3, -0.25) is 14.0 Å². The first kappa shape index (κ1) is 31.7. The summed E-state index contributed by atoms with van der Waals surface area (Å²) in [6, 6.07) is 17.7. The molecule has 1 aliphatic carbocycles. The van der Waals surface area contributed by atoms with Gasteiger partial charge < -0.3 is 10.6 Å². The van der Waals surface area contributed by atoms with E-state index in [1.165, 1.54) is 12.1 Å². The van der Waals surface area contributed by atoms with Gasteiger partial charge >= 0.3 is 0 Å². The van der Waals surface area contributed by atoms with E-state index in [4.69, 9.17) is 0 Å². The van der Waals surface area contributed by atoms with E-state index in [0.717, 1.165) is 58.3 Å². The highest BCUT2D eigenvalue weighted by Crippen LogP contribution is 2.38. The fourth-order valence-corrected chi connectivity index (χ4v) is 5.12. The van der Waals surface area contributed by atoms with Gasteiger partial charge in [-0.05, 0) is 90.8 Å². The number of carbonyl (C=O) groups is 2. The molecule has 0 aromatic heterocycles. The summed E-state index contributed by atoms with van der Waals surface area (Å²) in [4.78, 5) is 26.4. The Balaban J connectivity index is 0.00000226. The van der Waals surface area contributed by atoms with Crippen molar-refractivity contribution in [3.05, 3.63) is 88.7 Å². The van der Waals surface area contributed by atoms with Gasteiger partial charge in [-0.25, -0.2) is 4.39 Å². The molecule has 0 bridgehead atoms. The lowest BCUT2D eigenvalue weighted by molar-refractivity contribution is -0.115. The topological polar surface area (TPSA) is 58.2 Å². The molecule has 0 heterocycles. The third kappa shape index (κ3) is 7.49. The lowest BCUT2D eigenvalue weighted by Crippen LogP contribution is -2.22. The van der Waals surface area contributed by atoms with Crippen LogP contribution in [0.2, 0.25) is 0 Å². The van der Waals surface area contributed by atoms with Crippen molar-refractivity contribution in [1.29, 1.82) is 0 Å². The molecule has 0 aliphatic heterocycles. The van der Waals surface area contributed by atoms with Crippen LogP contribution in [0.15, 0.2) is 60.7 Å². The van der Waals surface area contributed by atoms with Crippen LogP contribution in [0, 0.1) is 18.7 Å². The van der Waals surface area contributed by atoms with Crippen molar-refractivity contribution in [2.24, 2.45) is 5.92 Å². The van der Waals surface area contributed by atoms with Gasteiger partial charge in [0.15, 0.2) is 5.78 Å². The Bertz CT molecular complexity index is 1380. The van der Waals surface area contributed by atoms with Crippen LogP contribution < -0.4 is 10.6 Å². The molecule has 218 valence electrons. The highest BCUT2D eigenvalue weighted by atomic mass is 19.1. The minimum Gasteiger partial charge on any atom is -0.384 e. The number of aryl methyl sites for hydroxylation is 1. The lowest BCUT2D eigenvalue weighted by Gasteiger charge is -2.24. The maximum Gasteiger partial charge on any atom is 0.251 e. The molecule has 1 amide bonds. The summed E-state index contributed by atoms with van der Waals surface area (Å²) in [6.45, 7) is 7.94. The molecular formula is C35H42F2N2O2. The fourth-order valence-electron chi connectivity index (χ4n) is 5.12. The minimum absolute atomic E-state index is 0.0848. The molecule has 0 saturated heterocycles. The van der Waals surface area contributed by atoms with Gasteiger partial charge in [0.2, 0.25) is 0 Å². The Kier molecular flexibility index (Phi) is 11.8. The second-order valence-electron chi connectivity index (χ2n) is 10.0. The van der Waals surface area contributed by atoms with Crippen molar-refractivity contribution in [3.63, 3.8) is 0 Å². The Morgan fingerprint density at radius 2 is 1.68 bits per heavy atom. The van der Waals surface area contributed by atoms with Gasteiger partial charge in [0.1, 0.15) is 5.82 Å². The average molecular weight is 561 g/mol. The Morgan fingerprint density at radius 3 is 2.27 bits per heavy atom. The fraction of sp³-hybridized carbons (Fsp3) is 0.371. The molecule has 6 heteroatoms. The number of alkyl halides is 1. The molecule has 0 radical (unpaired) electrons. The number of nitrogens with one attached hydrogen (secondary N) is 2. The number of Topliss-reactive ketones (excluding diaryl/α,β-unsaturated/α-hetero) is 1. The van der Waals surface area contributed by atoms with Crippen molar-refractivity contribution < 1.29 is 18.4 Å². The second kappa shape index (κ2) is 15.3. The molecule has 1 saturated carbocycles. The molecule has 1 aliphatic rings. The zero-order chi connectivity index (χ0) is 29.9. The second-order valence-corrected chi connectivity index (χ2v) is 10.0. The third-order valence-corrected chi connectivity index (χ3v) is 7.50. The number of ketones is 1. The monoisotopic (exact) mass is 560 g/mol. The molecule has 3 aromatic carbocycles. The molecule has 4 nitrogen and oxygen atoms in total. The zero-order valence-corrected chi connectivity index (χ0v) is 24.9. The number of anilines is 1. The number of hydrogen-bond acceptors (Lipinski definition) is 3. The van der Waals surface area contributed by atoms with Gasteiger partial charge in [-0.2, -0.15) is 0 Å². The Hall–Kier alpha value is -3.80. The van der Waals surface area contributed by atoms with Crippen LogP contribution in [0.5, 0.6) is 0 Å². The van der Waals surface area contributed by atoms with Crippen LogP contribution in [0.25, 0.3) is 22.3 Å². The molecule has 0 spiro atoms. The Labute approximate surface area is 243 Å².